The van der Waals surface area contributed by atoms with E-state index in [4.69, 9.17) is 14.2 Å². The van der Waals surface area contributed by atoms with Crippen molar-refractivity contribution in [2.75, 3.05) is 13.7 Å². The first-order valence-corrected chi connectivity index (χ1v) is 9.61. The number of benzene rings is 3. The summed E-state index contributed by atoms with van der Waals surface area (Å²) >= 11 is 0. The molecule has 0 bridgehead atoms. The van der Waals surface area contributed by atoms with Gasteiger partial charge in [0.05, 0.1) is 13.7 Å². The fourth-order valence-corrected chi connectivity index (χ4v) is 3.11. The van der Waals surface area contributed by atoms with Crippen LogP contribution < -0.4 is 0 Å². The Morgan fingerprint density at radius 1 is 0.800 bits per heavy atom. The summed E-state index contributed by atoms with van der Waals surface area (Å²) in [5.41, 5.74) is 1.93. The van der Waals surface area contributed by atoms with E-state index in [0.29, 0.717) is 5.56 Å². The number of carbonyl (C=O) groups excluding carboxylic acids is 2. The number of ether oxygens (including phenoxy) is 3. The fourth-order valence-electron chi connectivity index (χ4n) is 3.11. The molecule has 0 spiro atoms. The van der Waals surface area contributed by atoms with E-state index in [-0.39, 0.29) is 13.2 Å². The van der Waals surface area contributed by atoms with E-state index in [9.17, 15) is 9.59 Å². The molecule has 0 aliphatic carbocycles. The zero-order chi connectivity index (χ0) is 21.4. The van der Waals surface area contributed by atoms with E-state index in [0.717, 1.165) is 16.7 Å². The average Bonchev–Trinajstić information content (AvgIpc) is 2.79. The predicted molar refractivity (Wildman–Crippen MR) is 113 cm³/mol. The van der Waals surface area contributed by atoms with Gasteiger partial charge in [0.25, 0.3) is 0 Å². The van der Waals surface area contributed by atoms with Crippen LogP contribution in [-0.2, 0) is 36.0 Å². The molecule has 5 heteroatoms. The van der Waals surface area contributed by atoms with Gasteiger partial charge in [-0.15, -0.1) is 0 Å². The predicted octanol–water partition coefficient (Wildman–Crippen LogP) is 4.50. The standard InChI is InChI=1S/C25H24O5/c1-25(24(27)28-2,30-23(26)18-29-17-19-9-5-3-6-10-19)22-15-13-21(14-16-22)20-11-7-4-8-12-20/h3-16H,17-18H2,1-2H3/t25-/m0/s1. The Bertz CT molecular complexity index is 967. The first kappa shape index (κ1) is 21.3. The van der Waals surface area contributed by atoms with Crippen molar-refractivity contribution >= 4 is 11.9 Å². The Morgan fingerprint density at radius 3 is 1.97 bits per heavy atom. The zero-order valence-corrected chi connectivity index (χ0v) is 17.0. The number of rotatable bonds is 8. The van der Waals surface area contributed by atoms with Gasteiger partial charge in [-0.1, -0.05) is 84.9 Å². The van der Waals surface area contributed by atoms with Crippen LogP contribution in [0.5, 0.6) is 0 Å². The number of methoxy groups -OCH3 is 1. The van der Waals surface area contributed by atoms with Crippen molar-refractivity contribution in [3.8, 4) is 11.1 Å². The summed E-state index contributed by atoms with van der Waals surface area (Å²) in [5.74, 6) is -1.31. The quantitative estimate of drug-likeness (QED) is 0.517. The van der Waals surface area contributed by atoms with Gasteiger partial charge in [-0.25, -0.2) is 9.59 Å². The van der Waals surface area contributed by atoms with Crippen molar-refractivity contribution < 1.29 is 23.8 Å². The summed E-state index contributed by atoms with van der Waals surface area (Å²) in [6.45, 7) is 1.52. The summed E-state index contributed by atoms with van der Waals surface area (Å²) < 4.78 is 15.9. The minimum Gasteiger partial charge on any atom is -0.466 e. The van der Waals surface area contributed by atoms with Crippen LogP contribution in [0.1, 0.15) is 18.1 Å². The molecule has 3 aromatic rings. The smallest absolute Gasteiger partial charge is 0.354 e. The second kappa shape index (κ2) is 9.85. The molecule has 30 heavy (non-hydrogen) atoms. The van der Waals surface area contributed by atoms with E-state index in [1.807, 2.05) is 72.8 Å². The number of carbonyl (C=O) groups is 2. The Hall–Kier alpha value is -3.44. The van der Waals surface area contributed by atoms with Crippen LogP contribution in [0.2, 0.25) is 0 Å². The van der Waals surface area contributed by atoms with Crippen molar-refractivity contribution in [2.24, 2.45) is 0 Å². The summed E-state index contributed by atoms with van der Waals surface area (Å²) in [4.78, 5) is 24.9. The summed E-state index contributed by atoms with van der Waals surface area (Å²) in [6.07, 6.45) is 0. The van der Waals surface area contributed by atoms with Crippen molar-refractivity contribution in [3.63, 3.8) is 0 Å². The first-order chi connectivity index (χ1) is 14.5. The molecule has 0 fully saturated rings. The highest BCUT2D eigenvalue weighted by molar-refractivity contribution is 5.85. The maximum atomic E-state index is 12.5. The molecule has 0 heterocycles. The second-order valence-electron chi connectivity index (χ2n) is 6.92. The van der Waals surface area contributed by atoms with Crippen molar-refractivity contribution in [1.29, 1.82) is 0 Å². The van der Waals surface area contributed by atoms with Crippen LogP contribution in [0, 0.1) is 0 Å². The average molecular weight is 404 g/mol. The molecule has 0 aliphatic heterocycles. The lowest BCUT2D eigenvalue weighted by molar-refractivity contribution is -0.183. The first-order valence-electron chi connectivity index (χ1n) is 9.61. The van der Waals surface area contributed by atoms with Crippen LogP contribution in [0.3, 0.4) is 0 Å². The highest BCUT2D eigenvalue weighted by Gasteiger charge is 2.40. The second-order valence-corrected chi connectivity index (χ2v) is 6.92. The van der Waals surface area contributed by atoms with Gasteiger partial charge >= 0.3 is 11.9 Å². The lowest BCUT2D eigenvalue weighted by Gasteiger charge is -2.27. The Kier molecular flexibility index (Phi) is 6.99. The van der Waals surface area contributed by atoms with E-state index in [1.165, 1.54) is 14.0 Å². The zero-order valence-electron chi connectivity index (χ0n) is 17.0. The van der Waals surface area contributed by atoms with Gasteiger partial charge in [0.1, 0.15) is 6.61 Å². The topological polar surface area (TPSA) is 61.8 Å². The van der Waals surface area contributed by atoms with Crippen LogP contribution in [0.15, 0.2) is 84.9 Å². The molecule has 5 nitrogen and oxygen atoms in total. The Labute approximate surface area is 176 Å². The number of esters is 2. The lowest BCUT2D eigenvalue weighted by atomic mass is 9.93. The maximum Gasteiger partial charge on any atom is 0.354 e. The van der Waals surface area contributed by atoms with Crippen molar-refractivity contribution in [2.45, 2.75) is 19.1 Å². The molecule has 3 aromatic carbocycles. The molecule has 3 rings (SSSR count). The van der Waals surface area contributed by atoms with Crippen molar-refractivity contribution in [1.82, 2.24) is 0 Å². The van der Waals surface area contributed by atoms with Crippen LogP contribution >= 0.6 is 0 Å². The molecule has 0 saturated carbocycles. The van der Waals surface area contributed by atoms with Gasteiger partial charge in [-0.2, -0.15) is 0 Å². The molecule has 0 unspecified atom stereocenters. The largest absolute Gasteiger partial charge is 0.466 e. The minimum atomic E-state index is -1.57. The Balaban J connectivity index is 1.70. The highest BCUT2D eigenvalue weighted by Crippen LogP contribution is 2.29. The number of hydrogen-bond acceptors (Lipinski definition) is 5. The van der Waals surface area contributed by atoms with Crippen LogP contribution in [-0.4, -0.2) is 25.7 Å². The van der Waals surface area contributed by atoms with Crippen molar-refractivity contribution in [3.05, 3.63) is 96.1 Å². The van der Waals surface area contributed by atoms with E-state index >= 15 is 0 Å². The Morgan fingerprint density at radius 2 is 1.37 bits per heavy atom. The number of hydrogen-bond donors (Lipinski definition) is 0. The molecule has 0 radical (unpaired) electrons. The monoisotopic (exact) mass is 404 g/mol. The van der Waals surface area contributed by atoms with E-state index in [2.05, 4.69) is 0 Å². The molecule has 0 aromatic heterocycles. The van der Waals surface area contributed by atoms with E-state index in [1.54, 1.807) is 12.1 Å². The molecule has 0 amide bonds. The molecular weight excluding hydrogens is 380 g/mol. The molecule has 0 N–H and O–H groups in total. The van der Waals surface area contributed by atoms with E-state index < -0.39 is 17.5 Å². The molecule has 0 saturated heterocycles. The van der Waals surface area contributed by atoms with Gasteiger partial charge in [0.15, 0.2) is 0 Å². The third-order valence-electron chi connectivity index (χ3n) is 4.77. The van der Waals surface area contributed by atoms with Gasteiger partial charge < -0.3 is 14.2 Å². The molecule has 1 atom stereocenters. The van der Waals surface area contributed by atoms with Gasteiger partial charge in [-0.3, -0.25) is 0 Å². The summed E-state index contributed by atoms with van der Waals surface area (Å²) in [6, 6.07) is 26.6. The molecule has 0 aliphatic rings. The van der Waals surface area contributed by atoms with Gasteiger partial charge in [0.2, 0.25) is 5.60 Å². The van der Waals surface area contributed by atoms with Crippen LogP contribution in [0.25, 0.3) is 11.1 Å². The SMILES string of the molecule is COC(=O)[C@@](C)(OC(=O)COCc1ccccc1)c1ccc(-c2ccccc2)cc1. The van der Waals surface area contributed by atoms with Crippen LogP contribution in [0.4, 0.5) is 0 Å². The summed E-state index contributed by atoms with van der Waals surface area (Å²) in [7, 11) is 1.26. The highest BCUT2D eigenvalue weighted by atomic mass is 16.6. The third kappa shape index (κ3) is 5.13. The minimum absolute atomic E-state index is 0.274. The molecule has 154 valence electrons. The normalized spacial score (nSPS) is 12.6. The van der Waals surface area contributed by atoms with Gasteiger partial charge in [0, 0.05) is 5.56 Å². The lowest BCUT2D eigenvalue weighted by Crippen LogP contribution is -2.39. The third-order valence-corrected chi connectivity index (χ3v) is 4.77. The fraction of sp³-hybridized carbons (Fsp3) is 0.200. The summed E-state index contributed by atoms with van der Waals surface area (Å²) in [5, 5.41) is 0. The molecular formula is C25H24O5. The van der Waals surface area contributed by atoms with Gasteiger partial charge in [-0.05, 0) is 23.6 Å². The maximum absolute atomic E-state index is 12.5.